The SMILES string of the molecule is CC(=O)OCOCC(=O)ON. The normalized spacial score (nSPS) is 8.91. The highest BCUT2D eigenvalue weighted by Crippen LogP contribution is 1.80. The molecule has 0 aromatic rings. The second kappa shape index (κ2) is 5.63. The van der Waals surface area contributed by atoms with Gasteiger partial charge in [0, 0.05) is 6.92 Å². The first kappa shape index (κ1) is 9.86. The maximum atomic E-state index is 10.2. The van der Waals surface area contributed by atoms with E-state index in [4.69, 9.17) is 0 Å². The Hall–Kier alpha value is -1.14. The molecular formula is C5H9NO5. The average molecular weight is 163 g/mol. The van der Waals surface area contributed by atoms with Gasteiger partial charge in [-0.05, 0) is 0 Å². The van der Waals surface area contributed by atoms with Crippen LogP contribution < -0.4 is 5.90 Å². The predicted molar refractivity (Wildman–Crippen MR) is 32.9 cm³/mol. The van der Waals surface area contributed by atoms with Gasteiger partial charge in [0.1, 0.15) is 6.61 Å². The minimum absolute atomic E-state index is 0.273. The molecule has 0 fully saturated rings. The zero-order valence-electron chi connectivity index (χ0n) is 6.03. The van der Waals surface area contributed by atoms with E-state index in [0.29, 0.717) is 0 Å². The third-order valence-corrected chi connectivity index (χ3v) is 0.697. The first-order valence-corrected chi connectivity index (χ1v) is 2.77. The average Bonchev–Trinajstić information content (AvgIpc) is 1.97. The molecule has 11 heavy (non-hydrogen) atoms. The van der Waals surface area contributed by atoms with Crippen molar-refractivity contribution >= 4 is 11.9 Å². The van der Waals surface area contributed by atoms with Crippen LogP contribution in [0.15, 0.2) is 0 Å². The number of nitrogens with two attached hydrogens (primary N) is 1. The molecule has 0 saturated carbocycles. The van der Waals surface area contributed by atoms with Gasteiger partial charge in [-0.1, -0.05) is 0 Å². The van der Waals surface area contributed by atoms with E-state index in [1.165, 1.54) is 6.92 Å². The molecule has 0 aliphatic rings. The molecule has 0 saturated heterocycles. The summed E-state index contributed by atoms with van der Waals surface area (Å²) >= 11 is 0. The molecule has 0 aromatic carbocycles. The van der Waals surface area contributed by atoms with Crippen LogP contribution in [-0.2, 0) is 23.9 Å². The number of esters is 1. The van der Waals surface area contributed by atoms with Gasteiger partial charge in [-0.25, -0.2) is 4.79 Å². The van der Waals surface area contributed by atoms with E-state index in [0.717, 1.165) is 0 Å². The zero-order chi connectivity index (χ0) is 8.69. The number of hydrogen-bond acceptors (Lipinski definition) is 6. The Kier molecular flexibility index (Phi) is 5.05. The molecule has 0 spiro atoms. The number of hydrogen-bond donors (Lipinski definition) is 1. The van der Waals surface area contributed by atoms with Crippen LogP contribution in [-0.4, -0.2) is 25.3 Å². The van der Waals surface area contributed by atoms with Crippen LogP contribution in [0.5, 0.6) is 0 Å². The topological polar surface area (TPSA) is 87.8 Å². The second-order valence-corrected chi connectivity index (χ2v) is 1.59. The van der Waals surface area contributed by atoms with Crippen LogP contribution in [0.4, 0.5) is 0 Å². The lowest BCUT2D eigenvalue weighted by Gasteiger charge is -2.01. The molecule has 0 rings (SSSR count). The lowest BCUT2D eigenvalue weighted by atomic mass is 10.7. The van der Waals surface area contributed by atoms with Crippen LogP contribution in [0.25, 0.3) is 0 Å². The highest BCUT2D eigenvalue weighted by Gasteiger charge is 2.00. The molecule has 0 amide bonds. The Morgan fingerprint density at radius 3 is 2.55 bits per heavy atom. The summed E-state index contributed by atoms with van der Waals surface area (Å²) in [5.41, 5.74) is 0. The third-order valence-electron chi connectivity index (χ3n) is 0.697. The van der Waals surface area contributed by atoms with E-state index in [9.17, 15) is 9.59 Å². The minimum atomic E-state index is -0.725. The van der Waals surface area contributed by atoms with Crippen LogP contribution in [0.1, 0.15) is 6.92 Å². The molecule has 2 N–H and O–H groups in total. The van der Waals surface area contributed by atoms with Crippen molar-refractivity contribution in [2.24, 2.45) is 5.90 Å². The smallest absolute Gasteiger partial charge is 0.350 e. The summed E-state index contributed by atoms with van der Waals surface area (Å²) in [7, 11) is 0. The fraction of sp³-hybridized carbons (Fsp3) is 0.600. The maximum Gasteiger partial charge on any atom is 0.350 e. The molecule has 0 aliphatic heterocycles. The van der Waals surface area contributed by atoms with E-state index in [2.05, 4.69) is 20.2 Å². The van der Waals surface area contributed by atoms with E-state index >= 15 is 0 Å². The van der Waals surface area contributed by atoms with Crippen molar-refractivity contribution in [3.8, 4) is 0 Å². The molecule has 0 bridgehead atoms. The van der Waals surface area contributed by atoms with Crippen molar-refractivity contribution in [2.75, 3.05) is 13.4 Å². The van der Waals surface area contributed by atoms with Gasteiger partial charge in [0.05, 0.1) is 0 Å². The molecule has 0 heterocycles. The fourth-order valence-corrected chi connectivity index (χ4v) is 0.284. The highest BCUT2D eigenvalue weighted by molar-refractivity contribution is 5.70. The molecule has 64 valence electrons. The zero-order valence-corrected chi connectivity index (χ0v) is 6.03. The molecule has 0 atom stereocenters. The quantitative estimate of drug-likeness (QED) is 0.246. The van der Waals surface area contributed by atoms with E-state index in [1.807, 2.05) is 0 Å². The van der Waals surface area contributed by atoms with Gasteiger partial charge in [0.2, 0.25) is 0 Å². The summed E-state index contributed by atoms with van der Waals surface area (Å²) < 4.78 is 8.83. The van der Waals surface area contributed by atoms with E-state index < -0.39 is 11.9 Å². The van der Waals surface area contributed by atoms with Gasteiger partial charge in [-0.3, -0.25) is 4.79 Å². The molecule has 0 unspecified atom stereocenters. The van der Waals surface area contributed by atoms with Crippen LogP contribution >= 0.6 is 0 Å². The van der Waals surface area contributed by atoms with Crippen molar-refractivity contribution in [3.05, 3.63) is 0 Å². The number of carbonyl (C=O) groups excluding carboxylic acids is 2. The Labute approximate surface area is 63.2 Å². The molecule has 0 radical (unpaired) electrons. The second-order valence-electron chi connectivity index (χ2n) is 1.59. The van der Waals surface area contributed by atoms with Crippen molar-refractivity contribution < 1.29 is 23.9 Å². The lowest BCUT2D eigenvalue weighted by molar-refractivity contribution is -0.164. The Morgan fingerprint density at radius 1 is 1.45 bits per heavy atom. The summed E-state index contributed by atoms with van der Waals surface area (Å²) in [5, 5.41) is 0. The Bertz CT molecular complexity index is 146. The van der Waals surface area contributed by atoms with Gasteiger partial charge in [0.15, 0.2) is 6.79 Å². The van der Waals surface area contributed by atoms with Gasteiger partial charge < -0.3 is 14.3 Å². The largest absolute Gasteiger partial charge is 0.439 e. The monoisotopic (exact) mass is 163 g/mol. The first-order valence-electron chi connectivity index (χ1n) is 2.77. The van der Waals surface area contributed by atoms with Crippen molar-refractivity contribution in [3.63, 3.8) is 0 Å². The summed E-state index contributed by atoms with van der Waals surface area (Å²) in [6.45, 7) is 0.624. The van der Waals surface area contributed by atoms with E-state index in [-0.39, 0.29) is 13.4 Å². The third kappa shape index (κ3) is 6.75. The Morgan fingerprint density at radius 2 is 2.09 bits per heavy atom. The highest BCUT2D eigenvalue weighted by atomic mass is 16.7. The Balaban J connectivity index is 3.14. The predicted octanol–water partition coefficient (Wildman–Crippen LogP) is -1.06. The standard InChI is InChI=1S/C5H9NO5/c1-4(7)10-3-9-2-5(8)11-6/h2-3,6H2,1H3. The maximum absolute atomic E-state index is 10.2. The number of rotatable bonds is 4. The van der Waals surface area contributed by atoms with Gasteiger partial charge >= 0.3 is 11.9 Å². The first-order chi connectivity index (χ1) is 5.16. The van der Waals surface area contributed by atoms with Gasteiger partial charge in [0.25, 0.3) is 0 Å². The number of carbonyl (C=O) groups is 2. The van der Waals surface area contributed by atoms with Crippen LogP contribution in [0.3, 0.4) is 0 Å². The minimum Gasteiger partial charge on any atom is -0.439 e. The summed E-state index contributed by atoms with van der Waals surface area (Å²) in [6.07, 6.45) is 0. The summed E-state index contributed by atoms with van der Waals surface area (Å²) in [6, 6.07) is 0. The van der Waals surface area contributed by atoms with Crippen LogP contribution in [0, 0.1) is 0 Å². The van der Waals surface area contributed by atoms with E-state index in [1.54, 1.807) is 0 Å². The van der Waals surface area contributed by atoms with Gasteiger partial charge in [-0.2, -0.15) is 5.90 Å². The fourth-order valence-electron chi connectivity index (χ4n) is 0.284. The lowest BCUT2D eigenvalue weighted by Crippen LogP contribution is -2.17. The molecule has 0 aliphatic carbocycles. The van der Waals surface area contributed by atoms with Gasteiger partial charge in [-0.15, -0.1) is 0 Å². The van der Waals surface area contributed by atoms with Crippen molar-refractivity contribution in [2.45, 2.75) is 6.92 Å². The molecular weight excluding hydrogens is 154 g/mol. The van der Waals surface area contributed by atoms with Crippen LogP contribution in [0.2, 0.25) is 0 Å². The molecule has 6 nitrogen and oxygen atoms in total. The van der Waals surface area contributed by atoms with Crippen molar-refractivity contribution in [1.82, 2.24) is 0 Å². The summed E-state index contributed by atoms with van der Waals surface area (Å²) in [4.78, 5) is 24.1. The number of ether oxygens (including phenoxy) is 2. The molecule has 0 aromatic heterocycles. The molecule has 6 heteroatoms. The summed E-state index contributed by atoms with van der Waals surface area (Å²) in [5.74, 6) is 3.27. The van der Waals surface area contributed by atoms with Crippen molar-refractivity contribution in [1.29, 1.82) is 0 Å².